The largest absolute Gasteiger partial charge is 0.382 e. The summed E-state index contributed by atoms with van der Waals surface area (Å²) in [5.41, 5.74) is 15.7. The summed E-state index contributed by atoms with van der Waals surface area (Å²) in [6, 6.07) is 5.79. The van der Waals surface area contributed by atoms with Crippen LogP contribution in [0.2, 0.25) is 0 Å². The number of nitrogens with two attached hydrogens (primary N) is 2. The van der Waals surface area contributed by atoms with Crippen molar-refractivity contribution in [3.05, 3.63) is 53.7 Å². The monoisotopic (exact) mass is 470 g/mol. The van der Waals surface area contributed by atoms with Crippen LogP contribution in [0.1, 0.15) is 47.9 Å². The van der Waals surface area contributed by atoms with Gasteiger partial charge in [-0.25, -0.2) is 14.5 Å². The predicted octanol–water partition coefficient (Wildman–Crippen LogP) is 2.19. The van der Waals surface area contributed by atoms with E-state index in [1.807, 2.05) is 10.7 Å². The van der Waals surface area contributed by atoms with E-state index in [1.54, 1.807) is 29.2 Å². The SMILES string of the molecule is CCCc1c(-c2c(C(N)=O)cnn3ccnc23)c(N)nn1[C@@H]1CN(c2ccc(C#N)cn2)C[C@@H]1C. The number of nitrogens with zero attached hydrogens (tertiary/aromatic N) is 8. The summed E-state index contributed by atoms with van der Waals surface area (Å²) >= 11 is 0. The first-order valence-corrected chi connectivity index (χ1v) is 11.5. The first kappa shape index (κ1) is 22.3. The molecule has 1 aliphatic rings. The van der Waals surface area contributed by atoms with Crippen molar-refractivity contribution in [2.45, 2.75) is 32.7 Å². The standard InChI is InChI=1S/C24H26N10O/c1-3-4-17-21(20-16(23(27)35)11-30-33-8-7-28-24(20)33)22(26)31-34(17)18-13-32(12-14(18)2)19-6-5-15(9-25)10-29-19/h5-8,10-11,14,18H,3-4,12-13H2,1-2H3,(H2,26,31)(H2,27,35)/t14-,18+/m0/s1. The Balaban J connectivity index is 1.61. The van der Waals surface area contributed by atoms with Gasteiger partial charge in [-0.1, -0.05) is 20.3 Å². The summed E-state index contributed by atoms with van der Waals surface area (Å²) < 4.78 is 3.61. The van der Waals surface area contributed by atoms with E-state index in [1.165, 1.54) is 6.20 Å². The van der Waals surface area contributed by atoms with E-state index in [2.05, 4.69) is 39.9 Å². The molecule has 35 heavy (non-hydrogen) atoms. The number of pyridine rings is 1. The summed E-state index contributed by atoms with van der Waals surface area (Å²) in [5.74, 6) is 0.809. The minimum absolute atomic E-state index is 0.0414. The van der Waals surface area contributed by atoms with Gasteiger partial charge in [-0.05, 0) is 24.5 Å². The first-order valence-electron chi connectivity index (χ1n) is 11.5. The van der Waals surface area contributed by atoms with Crippen LogP contribution >= 0.6 is 0 Å². The number of carbonyl (C=O) groups excluding carboxylic acids is 1. The second-order valence-corrected chi connectivity index (χ2v) is 8.86. The van der Waals surface area contributed by atoms with Crippen molar-refractivity contribution in [3.8, 4) is 17.2 Å². The topological polar surface area (TPSA) is 157 Å². The van der Waals surface area contributed by atoms with Crippen molar-refractivity contribution in [3.63, 3.8) is 0 Å². The summed E-state index contributed by atoms with van der Waals surface area (Å²) in [6.45, 7) is 5.75. The highest BCUT2D eigenvalue weighted by Gasteiger charge is 2.35. The molecule has 0 spiro atoms. The fourth-order valence-corrected chi connectivity index (χ4v) is 4.91. The molecule has 0 radical (unpaired) electrons. The fourth-order valence-electron chi connectivity index (χ4n) is 4.91. The minimum Gasteiger partial charge on any atom is -0.382 e. The summed E-state index contributed by atoms with van der Waals surface area (Å²) in [7, 11) is 0. The van der Waals surface area contributed by atoms with Gasteiger partial charge in [0, 0.05) is 42.9 Å². The molecule has 0 unspecified atom stereocenters. The van der Waals surface area contributed by atoms with Crippen LogP contribution in [0, 0.1) is 17.2 Å². The van der Waals surface area contributed by atoms with E-state index in [-0.39, 0.29) is 17.5 Å². The number of nitrogen functional groups attached to an aromatic ring is 1. The highest BCUT2D eigenvalue weighted by atomic mass is 16.1. The number of fused-ring (bicyclic) bond motifs is 1. The molecule has 0 aromatic carbocycles. The van der Waals surface area contributed by atoms with Gasteiger partial charge in [0.05, 0.1) is 28.9 Å². The number of carbonyl (C=O) groups is 1. The van der Waals surface area contributed by atoms with Gasteiger partial charge in [-0.2, -0.15) is 15.5 Å². The normalized spacial score (nSPS) is 17.7. The lowest BCUT2D eigenvalue weighted by atomic mass is 9.98. The Labute approximate surface area is 202 Å². The van der Waals surface area contributed by atoms with Gasteiger partial charge >= 0.3 is 0 Å². The molecule has 5 heterocycles. The van der Waals surface area contributed by atoms with Crippen LogP contribution in [0.3, 0.4) is 0 Å². The van der Waals surface area contributed by atoms with E-state index >= 15 is 0 Å². The molecule has 4 N–H and O–H groups in total. The van der Waals surface area contributed by atoms with E-state index in [9.17, 15) is 4.79 Å². The second-order valence-electron chi connectivity index (χ2n) is 8.86. The predicted molar refractivity (Wildman–Crippen MR) is 130 cm³/mol. The lowest BCUT2D eigenvalue weighted by Crippen LogP contribution is -2.23. The number of hydrogen-bond donors (Lipinski definition) is 2. The number of aromatic nitrogens is 6. The molecule has 11 nitrogen and oxygen atoms in total. The van der Waals surface area contributed by atoms with E-state index < -0.39 is 5.91 Å². The van der Waals surface area contributed by atoms with Crippen molar-refractivity contribution in [2.75, 3.05) is 23.7 Å². The molecule has 1 amide bonds. The van der Waals surface area contributed by atoms with Crippen molar-refractivity contribution >= 4 is 23.2 Å². The molecule has 2 atom stereocenters. The number of nitriles is 1. The van der Waals surface area contributed by atoms with Crippen LogP contribution in [0.4, 0.5) is 11.6 Å². The molecule has 1 fully saturated rings. The van der Waals surface area contributed by atoms with Crippen molar-refractivity contribution in [1.29, 1.82) is 5.26 Å². The van der Waals surface area contributed by atoms with Gasteiger partial charge in [0.1, 0.15) is 11.9 Å². The summed E-state index contributed by atoms with van der Waals surface area (Å²) in [4.78, 5) is 23.4. The van der Waals surface area contributed by atoms with E-state index in [4.69, 9.17) is 21.8 Å². The Morgan fingerprint density at radius 3 is 2.74 bits per heavy atom. The molecule has 1 aliphatic heterocycles. The molecule has 5 rings (SSSR count). The third kappa shape index (κ3) is 3.73. The average molecular weight is 471 g/mol. The van der Waals surface area contributed by atoms with E-state index in [0.717, 1.165) is 24.5 Å². The molecule has 4 aromatic heterocycles. The Kier molecular flexibility index (Phi) is 5.56. The van der Waals surface area contributed by atoms with Crippen LogP contribution in [-0.4, -0.2) is 48.4 Å². The van der Waals surface area contributed by atoms with Crippen LogP contribution in [0.5, 0.6) is 0 Å². The van der Waals surface area contributed by atoms with Gasteiger partial charge < -0.3 is 16.4 Å². The number of imidazole rings is 1. The number of primary amides is 1. The maximum absolute atomic E-state index is 12.3. The van der Waals surface area contributed by atoms with Crippen molar-refractivity contribution in [1.82, 2.24) is 29.4 Å². The Morgan fingerprint density at radius 2 is 2.06 bits per heavy atom. The van der Waals surface area contributed by atoms with Gasteiger partial charge in [0.15, 0.2) is 11.5 Å². The smallest absolute Gasteiger partial charge is 0.251 e. The van der Waals surface area contributed by atoms with Crippen LogP contribution in [-0.2, 0) is 6.42 Å². The molecule has 11 heteroatoms. The van der Waals surface area contributed by atoms with Crippen LogP contribution in [0.15, 0.2) is 36.9 Å². The quantitative estimate of drug-likeness (QED) is 0.434. The lowest BCUT2D eigenvalue weighted by molar-refractivity contribution is 0.100. The number of anilines is 2. The third-order valence-corrected chi connectivity index (χ3v) is 6.55. The molecule has 0 bridgehead atoms. The fraction of sp³-hybridized carbons (Fsp3) is 0.333. The number of hydrogen-bond acceptors (Lipinski definition) is 8. The summed E-state index contributed by atoms with van der Waals surface area (Å²) in [5, 5.41) is 18.1. The Bertz CT molecular complexity index is 1450. The zero-order valence-electron chi connectivity index (χ0n) is 19.6. The van der Waals surface area contributed by atoms with Gasteiger partial charge in [-0.3, -0.25) is 9.48 Å². The van der Waals surface area contributed by atoms with Gasteiger partial charge in [0.25, 0.3) is 5.91 Å². The molecule has 0 aliphatic carbocycles. The zero-order valence-corrected chi connectivity index (χ0v) is 19.6. The highest BCUT2D eigenvalue weighted by Crippen LogP contribution is 2.39. The molecule has 1 saturated heterocycles. The lowest BCUT2D eigenvalue weighted by Gasteiger charge is -2.20. The first-order chi connectivity index (χ1) is 16.9. The second kappa shape index (κ2) is 8.72. The minimum atomic E-state index is -0.597. The van der Waals surface area contributed by atoms with Crippen molar-refractivity contribution in [2.24, 2.45) is 11.7 Å². The van der Waals surface area contributed by atoms with Gasteiger partial charge in [-0.15, -0.1) is 0 Å². The molecule has 0 saturated carbocycles. The van der Waals surface area contributed by atoms with Crippen LogP contribution in [0.25, 0.3) is 16.8 Å². The molecule has 4 aromatic rings. The molecule has 178 valence electrons. The molecular formula is C24H26N10O. The Hall–Kier alpha value is -4.46. The number of amides is 1. The highest BCUT2D eigenvalue weighted by molar-refractivity contribution is 6.04. The van der Waals surface area contributed by atoms with Crippen LogP contribution < -0.4 is 16.4 Å². The van der Waals surface area contributed by atoms with Crippen molar-refractivity contribution < 1.29 is 4.79 Å². The Morgan fingerprint density at radius 1 is 1.23 bits per heavy atom. The van der Waals surface area contributed by atoms with E-state index in [0.29, 0.717) is 41.1 Å². The maximum Gasteiger partial charge on any atom is 0.251 e. The third-order valence-electron chi connectivity index (χ3n) is 6.55. The molecular weight excluding hydrogens is 444 g/mol. The zero-order chi connectivity index (χ0) is 24.7. The number of rotatable bonds is 6. The van der Waals surface area contributed by atoms with Gasteiger partial charge in [0.2, 0.25) is 0 Å². The summed E-state index contributed by atoms with van der Waals surface area (Å²) in [6.07, 6.45) is 7.95. The maximum atomic E-state index is 12.3. The average Bonchev–Trinajstić information content (AvgIpc) is 3.56.